The Kier molecular flexibility index (Phi) is 3.49. The Labute approximate surface area is 79.1 Å². The standard InChI is InChI=1S/C9H6BrNO/c10-5-1-4-9-8(7-12)3-2-6-11-9/h2-3,6-7H,5H2. The summed E-state index contributed by atoms with van der Waals surface area (Å²) in [6, 6.07) is 3.40. The fourth-order valence-electron chi connectivity index (χ4n) is 0.734. The van der Waals surface area contributed by atoms with Crippen LogP contribution in [0, 0.1) is 11.8 Å². The minimum atomic E-state index is 0.533. The molecule has 1 aromatic heterocycles. The number of pyridine rings is 1. The van der Waals surface area contributed by atoms with Crippen LogP contribution in [0.2, 0.25) is 0 Å². The lowest BCUT2D eigenvalue weighted by molar-refractivity contribution is 0.112. The van der Waals surface area contributed by atoms with E-state index < -0.39 is 0 Å². The minimum absolute atomic E-state index is 0.533. The van der Waals surface area contributed by atoms with E-state index in [1.165, 1.54) is 0 Å². The van der Waals surface area contributed by atoms with Crippen LogP contribution >= 0.6 is 15.9 Å². The normalized spacial score (nSPS) is 8.42. The molecule has 0 spiro atoms. The van der Waals surface area contributed by atoms with Crippen LogP contribution in [0.1, 0.15) is 16.1 Å². The van der Waals surface area contributed by atoms with Crippen LogP contribution in [0.3, 0.4) is 0 Å². The van der Waals surface area contributed by atoms with Gasteiger partial charge in [-0.3, -0.25) is 4.79 Å². The van der Waals surface area contributed by atoms with E-state index in [2.05, 4.69) is 32.8 Å². The fraction of sp³-hybridized carbons (Fsp3) is 0.111. The van der Waals surface area contributed by atoms with Crippen molar-refractivity contribution in [2.45, 2.75) is 0 Å². The molecule has 0 fully saturated rings. The van der Waals surface area contributed by atoms with E-state index >= 15 is 0 Å². The molecule has 0 N–H and O–H groups in total. The van der Waals surface area contributed by atoms with E-state index in [9.17, 15) is 4.79 Å². The molecule has 0 aliphatic carbocycles. The Hall–Kier alpha value is -1.14. The van der Waals surface area contributed by atoms with Crippen molar-refractivity contribution in [3.63, 3.8) is 0 Å². The highest BCUT2D eigenvalue weighted by Gasteiger charge is 1.96. The first-order valence-corrected chi connectivity index (χ1v) is 4.45. The third-order valence-electron chi connectivity index (χ3n) is 1.24. The summed E-state index contributed by atoms with van der Waals surface area (Å²) in [5.74, 6) is 5.56. The van der Waals surface area contributed by atoms with E-state index in [4.69, 9.17) is 0 Å². The van der Waals surface area contributed by atoms with Gasteiger partial charge >= 0.3 is 0 Å². The van der Waals surface area contributed by atoms with E-state index in [-0.39, 0.29) is 0 Å². The second-order valence-corrected chi connectivity index (χ2v) is 2.56. The molecule has 0 saturated heterocycles. The number of nitrogens with zero attached hydrogens (tertiary/aromatic N) is 1. The van der Waals surface area contributed by atoms with Gasteiger partial charge < -0.3 is 0 Å². The van der Waals surface area contributed by atoms with Gasteiger partial charge in [0.25, 0.3) is 0 Å². The molecule has 3 heteroatoms. The number of halogens is 1. The topological polar surface area (TPSA) is 30.0 Å². The number of alkyl halides is 1. The Morgan fingerprint density at radius 1 is 1.67 bits per heavy atom. The Balaban J connectivity index is 3.05. The number of carbonyl (C=O) groups excluding carboxylic acids is 1. The number of hydrogen-bond acceptors (Lipinski definition) is 2. The van der Waals surface area contributed by atoms with Crippen molar-refractivity contribution in [1.29, 1.82) is 0 Å². The van der Waals surface area contributed by atoms with Gasteiger partial charge in [0.15, 0.2) is 6.29 Å². The van der Waals surface area contributed by atoms with Crippen LogP contribution in [0.5, 0.6) is 0 Å². The van der Waals surface area contributed by atoms with Crippen LogP contribution in [-0.4, -0.2) is 16.6 Å². The van der Waals surface area contributed by atoms with Gasteiger partial charge in [0.05, 0.1) is 5.33 Å². The lowest BCUT2D eigenvalue weighted by atomic mass is 10.2. The van der Waals surface area contributed by atoms with Crippen LogP contribution in [-0.2, 0) is 0 Å². The van der Waals surface area contributed by atoms with Gasteiger partial charge in [-0.15, -0.1) is 0 Å². The molecule has 0 bridgehead atoms. The van der Waals surface area contributed by atoms with Gasteiger partial charge in [0, 0.05) is 11.8 Å². The first-order valence-electron chi connectivity index (χ1n) is 3.33. The molecular formula is C9H6BrNO. The first-order chi connectivity index (χ1) is 5.88. The van der Waals surface area contributed by atoms with Crippen molar-refractivity contribution >= 4 is 22.2 Å². The maximum atomic E-state index is 10.5. The maximum Gasteiger partial charge on any atom is 0.152 e. The molecule has 0 saturated carbocycles. The van der Waals surface area contributed by atoms with Gasteiger partial charge in [0.1, 0.15) is 5.69 Å². The van der Waals surface area contributed by atoms with Crippen molar-refractivity contribution in [2.75, 3.05) is 5.33 Å². The molecule has 1 aromatic rings. The summed E-state index contributed by atoms with van der Waals surface area (Å²) in [4.78, 5) is 14.4. The van der Waals surface area contributed by atoms with Gasteiger partial charge in [-0.05, 0) is 18.1 Å². The van der Waals surface area contributed by atoms with Crippen molar-refractivity contribution in [3.8, 4) is 11.8 Å². The molecule has 0 amide bonds. The molecule has 1 rings (SSSR count). The summed E-state index contributed by atoms with van der Waals surface area (Å²) >= 11 is 3.16. The second-order valence-electron chi connectivity index (χ2n) is 1.99. The third kappa shape index (κ3) is 2.18. The highest BCUT2D eigenvalue weighted by atomic mass is 79.9. The molecule has 0 aromatic carbocycles. The number of rotatable bonds is 1. The van der Waals surface area contributed by atoms with Crippen LogP contribution in [0.25, 0.3) is 0 Å². The molecule has 60 valence electrons. The zero-order valence-electron chi connectivity index (χ0n) is 6.25. The Bertz CT molecular complexity index is 338. The molecule has 0 radical (unpaired) electrons. The number of aldehydes is 1. The number of hydrogen-bond donors (Lipinski definition) is 0. The van der Waals surface area contributed by atoms with Crippen LogP contribution in [0.4, 0.5) is 0 Å². The molecule has 12 heavy (non-hydrogen) atoms. The second kappa shape index (κ2) is 4.68. The summed E-state index contributed by atoms with van der Waals surface area (Å²) in [6.07, 6.45) is 2.37. The Morgan fingerprint density at radius 2 is 2.50 bits per heavy atom. The average Bonchev–Trinajstić information content (AvgIpc) is 2.15. The Morgan fingerprint density at radius 3 is 3.17 bits per heavy atom. The molecule has 2 nitrogen and oxygen atoms in total. The van der Waals surface area contributed by atoms with E-state index in [1.807, 2.05) is 0 Å². The zero-order chi connectivity index (χ0) is 8.81. The highest BCUT2D eigenvalue weighted by molar-refractivity contribution is 9.09. The van der Waals surface area contributed by atoms with E-state index in [1.54, 1.807) is 18.3 Å². The highest BCUT2D eigenvalue weighted by Crippen LogP contribution is 1.99. The van der Waals surface area contributed by atoms with Crippen LogP contribution < -0.4 is 0 Å². The summed E-state index contributed by atoms with van der Waals surface area (Å²) in [5.41, 5.74) is 1.07. The SMILES string of the molecule is O=Cc1cccnc1C#CCBr. The predicted octanol–water partition coefficient (Wildman–Crippen LogP) is 1.64. The van der Waals surface area contributed by atoms with Crippen molar-refractivity contribution in [2.24, 2.45) is 0 Å². The monoisotopic (exact) mass is 223 g/mol. The largest absolute Gasteiger partial charge is 0.298 e. The molecular weight excluding hydrogens is 218 g/mol. The van der Waals surface area contributed by atoms with Gasteiger partial charge in [-0.1, -0.05) is 21.9 Å². The fourth-order valence-corrected chi connectivity index (χ4v) is 0.875. The van der Waals surface area contributed by atoms with Crippen LogP contribution in [0.15, 0.2) is 18.3 Å². The molecule has 0 aliphatic rings. The third-order valence-corrected chi connectivity index (χ3v) is 1.52. The molecule has 1 heterocycles. The van der Waals surface area contributed by atoms with Gasteiger partial charge in [0.2, 0.25) is 0 Å². The first kappa shape index (κ1) is 8.95. The zero-order valence-corrected chi connectivity index (χ0v) is 7.84. The molecule has 0 atom stereocenters. The average molecular weight is 224 g/mol. The van der Waals surface area contributed by atoms with Crippen molar-refractivity contribution in [1.82, 2.24) is 4.98 Å². The smallest absolute Gasteiger partial charge is 0.152 e. The number of carbonyl (C=O) groups is 1. The van der Waals surface area contributed by atoms with Gasteiger partial charge in [-0.2, -0.15) is 0 Å². The van der Waals surface area contributed by atoms with E-state index in [0.29, 0.717) is 16.6 Å². The summed E-state index contributed by atoms with van der Waals surface area (Å²) in [5, 5.41) is 0.585. The summed E-state index contributed by atoms with van der Waals surface area (Å²) in [6.45, 7) is 0. The lowest BCUT2D eigenvalue weighted by Crippen LogP contribution is -1.89. The predicted molar refractivity (Wildman–Crippen MR) is 50.3 cm³/mol. The minimum Gasteiger partial charge on any atom is -0.298 e. The quantitative estimate of drug-likeness (QED) is 0.412. The number of aromatic nitrogens is 1. The van der Waals surface area contributed by atoms with Crippen molar-refractivity contribution < 1.29 is 4.79 Å². The van der Waals surface area contributed by atoms with Gasteiger partial charge in [-0.25, -0.2) is 4.98 Å². The summed E-state index contributed by atoms with van der Waals surface area (Å²) < 4.78 is 0. The van der Waals surface area contributed by atoms with E-state index in [0.717, 1.165) is 6.29 Å². The molecule has 0 unspecified atom stereocenters. The van der Waals surface area contributed by atoms with Crippen molar-refractivity contribution in [3.05, 3.63) is 29.6 Å². The molecule has 0 aliphatic heterocycles. The lowest BCUT2D eigenvalue weighted by Gasteiger charge is -1.91. The summed E-state index contributed by atoms with van der Waals surface area (Å²) in [7, 11) is 0. The maximum absolute atomic E-state index is 10.5.